The quantitative estimate of drug-likeness (QED) is 0.609. The third kappa shape index (κ3) is 1.94. The van der Waals surface area contributed by atoms with E-state index in [4.69, 9.17) is 4.74 Å². The number of nitrogens with zero attached hydrogens (tertiary/aromatic N) is 3. The zero-order valence-electron chi connectivity index (χ0n) is 11.8. The van der Waals surface area contributed by atoms with E-state index >= 15 is 0 Å². The Morgan fingerprint density at radius 2 is 2.05 bits per heavy atom. The molecule has 0 saturated carbocycles. The first-order chi connectivity index (χ1) is 10.2. The van der Waals surface area contributed by atoms with Crippen LogP contribution in [0.3, 0.4) is 0 Å². The molecule has 0 radical (unpaired) electrons. The molecular weight excluding hydrogens is 264 g/mol. The molecule has 5 nitrogen and oxygen atoms in total. The summed E-state index contributed by atoms with van der Waals surface area (Å²) in [4.78, 5) is 7.56. The van der Waals surface area contributed by atoms with E-state index in [1.54, 1.807) is 4.52 Å². The van der Waals surface area contributed by atoms with Crippen molar-refractivity contribution in [1.29, 1.82) is 0 Å². The van der Waals surface area contributed by atoms with E-state index in [0.29, 0.717) is 5.88 Å². The van der Waals surface area contributed by atoms with Gasteiger partial charge < -0.3 is 9.72 Å². The highest BCUT2D eigenvalue weighted by Crippen LogP contribution is 2.28. The smallest absolute Gasteiger partial charge is 0.247 e. The van der Waals surface area contributed by atoms with Gasteiger partial charge in [-0.1, -0.05) is 0 Å². The van der Waals surface area contributed by atoms with Crippen molar-refractivity contribution in [3.8, 4) is 11.6 Å². The van der Waals surface area contributed by atoms with Gasteiger partial charge in [-0.2, -0.15) is 10.1 Å². The van der Waals surface area contributed by atoms with E-state index < -0.39 is 0 Å². The second-order valence-corrected chi connectivity index (χ2v) is 5.16. The lowest BCUT2D eigenvalue weighted by molar-refractivity contribution is 0.463. The average molecular weight is 278 g/mol. The van der Waals surface area contributed by atoms with Crippen LogP contribution in [0.15, 0.2) is 42.9 Å². The summed E-state index contributed by atoms with van der Waals surface area (Å²) in [6, 6.07) is 10.1. The molecule has 1 N–H and O–H groups in total. The molecule has 0 unspecified atom stereocenters. The van der Waals surface area contributed by atoms with Crippen LogP contribution in [-0.4, -0.2) is 19.6 Å². The van der Waals surface area contributed by atoms with Gasteiger partial charge in [0.1, 0.15) is 17.6 Å². The predicted octanol–water partition coefficient (Wildman–Crippen LogP) is 3.62. The Bertz CT molecular complexity index is 951. The molecule has 0 spiro atoms. The van der Waals surface area contributed by atoms with Gasteiger partial charge in [-0.25, -0.2) is 4.52 Å². The molecule has 104 valence electrons. The summed E-state index contributed by atoms with van der Waals surface area (Å²) in [6.07, 6.45) is 3.40. The van der Waals surface area contributed by atoms with E-state index in [0.717, 1.165) is 33.4 Å². The Balaban J connectivity index is 1.80. The van der Waals surface area contributed by atoms with E-state index in [9.17, 15) is 0 Å². The second-order valence-electron chi connectivity index (χ2n) is 5.16. The van der Waals surface area contributed by atoms with Gasteiger partial charge in [-0.15, -0.1) is 0 Å². The highest BCUT2D eigenvalue weighted by molar-refractivity contribution is 5.82. The molecule has 0 amide bonds. The highest BCUT2D eigenvalue weighted by atomic mass is 16.5. The Hall–Kier alpha value is -2.82. The second kappa shape index (κ2) is 4.34. The summed E-state index contributed by atoms with van der Waals surface area (Å²) in [5.74, 6) is 1.34. The molecule has 3 heterocycles. The Labute approximate surface area is 121 Å². The van der Waals surface area contributed by atoms with Gasteiger partial charge in [-0.05, 0) is 49.7 Å². The lowest BCUT2D eigenvalue weighted by Crippen LogP contribution is -1.96. The molecule has 0 saturated heterocycles. The summed E-state index contributed by atoms with van der Waals surface area (Å²) in [6.45, 7) is 4.06. The Morgan fingerprint density at radius 1 is 1.14 bits per heavy atom. The van der Waals surface area contributed by atoms with Gasteiger partial charge >= 0.3 is 0 Å². The van der Waals surface area contributed by atoms with Gasteiger partial charge in [0.25, 0.3) is 0 Å². The molecule has 1 aromatic carbocycles. The van der Waals surface area contributed by atoms with Crippen LogP contribution in [0.5, 0.6) is 11.6 Å². The monoisotopic (exact) mass is 278 g/mol. The van der Waals surface area contributed by atoms with Gasteiger partial charge in [0.2, 0.25) is 5.88 Å². The largest absolute Gasteiger partial charge is 0.437 e. The lowest BCUT2D eigenvalue weighted by Gasteiger charge is -2.07. The number of H-pyrrole nitrogens is 1. The Morgan fingerprint density at radius 3 is 2.95 bits per heavy atom. The molecule has 5 heteroatoms. The normalized spacial score (nSPS) is 11.3. The molecule has 0 bridgehead atoms. The number of hydrogen-bond donors (Lipinski definition) is 1. The van der Waals surface area contributed by atoms with E-state index in [2.05, 4.69) is 21.1 Å². The first-order valence-electron chi connectivity index (χ1n) is 6.77. The topological polar surface area (TPSA) is 55.2 Å². The van der Waals surface area contributed by atoms with Crippen LogP contribution < -0.4 is 4.74 Å². The van der Waals surface area contributed by atoms with E-state index in [1.807, 2.05) is 44.3 Å². The number of ether oxygens (including phenoxy) is 1. The van der Waals surface area contributed by atoms with Crippen LogP contribution >= 0.6 is 0 Å². The van der Waals surface area contributed by atoms with Crippen LogP contribution in [0.4, 0.5) is 0 Å². The fraction of sp³-hybridized carbons (Fsp3) is 0.125. The minimum Gasteiger partial charge on any atom is -0.437 e. The van der Waals surface area contributed by atoms with Crippen LogP contribution in [0.1, 0.15) is 11.3 Å². The van der Waals surface area contributed by atoms with Crippen LogP contribution in [0.2, 0.25) is 0 Å². The maximum absolute atomic E-state index is 5.96. The minimum absolute atomic E-state index is 0.569. The average Bonchev–Trinajstić information content (AvgIpc) is 3.02. The van der Waals surface area contributed by atoms with E-state index in [-0.39, 0.29) is 0 Å². The lowest BCUT2D eigenvalue weighted by atomic mass is 10.2. The third-order valence-corrected chi connectivity index (χ3v) is 3.56. The van der Waals surface area contributed by atoms with Crippen LogP contribution in [0, 0.1) is 13.8 Å². The summed E-state index contributed by atoms with van der Waals surface area (Å²) in [5.41, 5.74) is 4.22. The molecule has 0 fully saturated rings. The number of hydrogen-bond acceptors (Lipinski definition) is 3. The van der Waals surface area contributed by atoms with Crippen molar-refractivity contribution in [2.75, 3.05) is 0 Å². The maximum atomic E-state index is 5.96. The standard InChI is InChI=1S/C16H14N4O/c1-10-5-6-20-15(10)16(17-9-18-20)21-13-3-4-14-12(8-13)7-11(2)19-14/h3-9,19H,1-2H3. The number of nitrogens with one attached hydrogen (secondary N) is 1. The number of benzene rings is 1. The van der Waals surface area contributed by atoms with Crippen molar-refractivity contribution in [2.24, 2.45) is 0 Å². The predicted molar refractivity (Wildman–Crippen MR) is 80.8 cm³/mol. The van der Waals surface area contributed by atoms with Crippen molar-refractivity contribution < 1.29 is 4.74 Å². The number of aromatic amines is 1. The molecule has 0 atom stereocenters. The number of aromatic nitrogens is 4. The molecule has 3 aromatic heterocycles. The number of fused-ring (bicyclic) bond motifs is 2. The number of aryl methyl sites for hydroxylation is 2. The van der Waals surface area contributed by atoms with Gasteiger partial charge in [0, 0.05) is 22.8 Å². The summed E-state index contributed by atoms with van der Waals surface area (Å²) >= 11 is 0. The number of rotatable bonds is 2. The van der Waals surface area contributed by atoms with Crippen molar-refractivity contribution in [3.05, 3.63) is 54.1 Å². The van der Waals surface area contributed by atoms with Crippen molar-refractivity contribution in [2.45, 2.75) is 13.8 Å². The summed E-state index contributed by atoms with van der Waals surface area (Å²) in [7, 11) is 0. The summed E-state index contributed by atoms with van der Waals surface area (Å²) in [5, 5.41) is 5.31. The SMILES string of the molecule is Cc1cc2cc(Oc3ncnn4ccc(C)c34)ccc2[nH]1. The third-order valence-electron chi connectivity index (χ3n) is 3.56. The zero-order valence-corrected chi connectivity index (χ0v) is 11.8. The molecule has 0 aliphatic carbocycles. The fourth-order valence-electron chi connectivity index (χ4n) is 2.58. The first-order valence-corrected chi connectivity index (χ1v) is 6.77. The van der Waals surface area contributed by atoms with Crippen LogP contribution in [0.25, 0.3) is 16.4 Å². The molecule has 0 aliphatic rings. The molecule has 0 aliphatic heterocycles. The fourth-order valence-corrected chi connectivity index (χ4v) is 2.58. The molecular formula is C16H14N4O. The molecule has 4 aromatic rings. The van der Waals surface area contributed by atoms with E-state index in [1.165, 1.54) is 6.33 Å². The maximum Gasteiger partial charge on any atom is 0.247 e. The minimum atomic E-state index is 0.569. The summed E-state index contributed by atoms with van der Waals surface area (Å²) < 4.78 is 7.74. The Kier molecular flexibility index (Phi) is 2.47. The molecule has 21 heavy (non-hydrogen) atoms. The first kappa shape index (κ1) is 12.0. The molecule has 4 rings (SSSR count). The zero-order chi connectivity index (χ0) is 14.4. The van der Waals surface area contributed by atoms with Crippen molar-refractivity contribution >= 4 is 16.4 Å². The highest BCUT2D eigenvalue weighted by Gasteiger charge is 2.10. The van der Waals surface area contributed by atoms with Gasteiger partial charge in [0.15, 0.2) is 0 Å². The van der Waals surface area contributed by atoms with Crippen molar-refractivity contribution in [3.63, 3.8) is 0 Å². The van der Waals surface area contributed by atoms with Crippen LogP contribution in [-0.2, 0) is 0 Å². The van der Waals surface area contributed by atoms with Gasteiger partial charge in [0.05, 0.1) is 0 Å². The van der Waals surface area contributed by atoms with Gasteiger partial charge in [-0.3, -0.25) is 0 Å². The van der Waals surface area contributed by atoms with Crippen molar-refractivity contribution in [1.82, 2.24) is 19.6 Å².